The maximum Gasteiger partial charge on any atom is 0.490 e. The zero-order valence-electron chi connectivity index (χ0n) is 11.4. The second-order valence-electron chi connectivity index (χ2n) is 4.15. The monoisotopic (exact) mass is 285 g/mol. The first kappa shape index (κ1) is 15.0. The molecule has 0 aliphatic heterocycles. The molecule has 0 bridgehead atoms. The van der Waals surface area contributed by atoms with Gasteiger partial charge in [0.2, 0.25) is 0 Å². The summed E-state index contributed by atoms with van der Waals surface area (Å²) in [5, 5.41) is 18.9. The Kier molecular flexibility index (Phi) is 4.57. The fourth-order valence-corrected chi connectivity index (χ4v) is 1.91. The van der Waals surface area contributed by atoms with Gasteiger partial charge in [-0.2, -0.15) is 0 Å². The molecule has 0 saturated heterocycles. The van der Waals surface area contributed by atoms with Crippen molar-refractivity contribution in [1.82, 2.24) is 15.0 Å². The lowest BCUT2D eigenvalue weighted by Crippen LogP contribution is -2.32. The fourth-order valence-electron chi connectivity index (χ4n) is 1.91. The summed E-state index contributed by atoms with van der Waals surface area (Å²) in [6.45, 7) is 5.10. The number of hydrogen-bond acceptors (Lipinski definition) is 5. The van der Waals surface area contributed by atoms with Gasteiger partial charge < -0.3 is 10.0 Å². The van der Waals surface area contributed by atoms with Crippen LogP contribution in [-0.4, -0.2) is 32.1 Å². The molecule has 0 aliphatic carbocycles. The Balaban J connectivity index is 2.70. The molecule has 0 radical (unpaired) electrons. The summed E-state index contributed by atoms with van der Waals surface area (Å²) in [5.74, 6) is -0.526. The van der Waals surface area contributed by atoms with E-state index in [9.17, 15) is 14.4 Å². The van der Waals surface area contributed by atoms with E-state index in [1.807, 2.05) is 0 Å². The van der Waals surface area contributed by atoms with Gasteiger partial charge in [0.1, 0.15) is 11.3 Å². The van der Waals surface area contributed by atoms with Crippen molar-refractivity contribution in [1.29, 1.82) is 0 Å². The van der Waals surface area contributed by atoms with E-state index in [-0.39, 0.29) is 27.9 Å². The van der Waals surface area contributed by atoms with Gasteiger partial charge in [0, 0.05) is 23.4 Å². The number of rotatable bonds is 4. The summed E-state index contributed by atoms with van der Waals surface area (Å²) in [4.78, 5) is 12.3. The molecule has 2 rings (SSSR count). The van der Waals surface area contributed by atoms with E-state index in [4.69, 9.17) is 0 Å². The van der Waals surface area contributed by atoms with Crippen molar-refractivity contribution < 1.29 is 14.4 Å². The van der Waals surface area contributed by atoms with E-state index >= 15 is 0 Å². The highest BCUT2D eigenvalue weighted by atomic mass is 19.1. The van der Waals surface area contributed by atoms with Crippen LogP contribution in [0.5, 0.6) is 0 Å². The highest BCUT2D eigenvalue weighted by molar-refractivity contribution is 6.61. The molecule has 2 N–H and O–H groups in total. The molecule has 0 unspecified atom stereocenters. The largest absolute Gasteiger partial charge is 0.490 e. The third kappa shape index (κ3) is 3.04. The number of fused-ring (bicyclic) bond motifs is 1. The summed E-state index contributed by atoms with van der Waals surface area (Å²) in [6.07, 6.45) is 6.91. The minimum absolute atomic E-state index is 0.119. The second-order valence-corrected chi connectivity index (χ2v) is 4.15. The summed E-state index contributed by atoms with van der Waals surface area (Å²) in [6, 6.07) is 1.38. The van der Waals surface area contributed by atoms with Gasteiger partial charge >= 0.3 is 7.12 Å². The van der Waals surface area contributed by atoms with E-state index in [1.165, 1.54) is 36.7 Å². The summed E-state index contributed by atoms with van der Waals surface area (Å²) < 4.78 is 14.0. The number of hydrogen-bond donors (Lipinski definition) is 2. The van der Waals surface area contributed by atoms with E-state index in [1.54, 1.807) is 6.92 Å². The van der Waals surface area contributed by atoms with Crippen molar-refractivity contribution in [3.8, 4) is 0 Å². The van der Waals surface area contributed by atoms with Crippen LogP contribution in [0.3, 0.4) is 0 Å². The Morgan fingerprint density at radius 3 is 2.67 bits per heavy atom. The molecule has 21 heavy (non-hydrogen) atoms. The Morgan fingerprint density at radius 1 is 1.33 bits per heavy atom. The lowest BCUT2D eigenvalue weighted by atomic mass is 9.79. The van der Waals surface area contributed by atoms with Gasteiger partial charge in [0.15, 0.2) is 5.65 Å². The lowest BCUT2D eigenvalue weighted by Gasteiger charge is -2.09. The predicted octanol–water partition coefficient (Wildman–Crippen LogP) is 1.15. The molecule has 106 valence electrons. The third-order valence-corrected chi connectivity index (χ3v) is 2.84. The zero-order valence-corrected chi connectivity index (χ0v) is 11.4. The van der Waals surface area contributed by atoms with Crippen LogP contribution in [0.2, 0.25) is 0 Å². The number of nitrogens with zero attached hydrogens (tertiary/aromatic N) is 3. The van der Waals surface area contributed by atoms with Crippen molar-refractivity contribution >= 4 is 29.3 Å². The molecular weight excluding hydrogens is 272 g/mol. The molecule has 0 atom stereocenters. The SMILES string of the molecule is C=C/C=C(F)\C(=C/C)c1cc(B(O)O)c2nccnc2n1. The van der Waals surface area contributed by atoms with Gasteiger partial charge in [0.05, 0.1) is 5.69 Å². The Hall–Kier alpha value is -2.38. The van der Waals surface area contributed by atoms with Crippen LogP contribution in [-0.2, 0) is 0 Å². The molecule has 0 fully saturated rings. The first-order chi connectivity index (χ1) is 10.1. The highest BCUT2D eigenvalue weighted by Crippen LogP contribution is 2.23. The highest BCUT2D eigenvalue weighted by Gasteiger charge is 2.20. The number of halogens is 1. The quantitative estimate of drug-likeness (QED) is 0.650. The van der Waals surface area contributed by atoms with E-state index in [0.717, 1.165) is 0 Å². The maximum absolute atomic E-state index is 14.0. The molecule has 0 aromatic carbocycles. The maximum atomic E-state index is 14.0. The van der Waals surface area contributed by atoms with Gasteiger partial charge in [-0.05, 0) is 19.1 Å². The fraction of sp³-hybridized carbons (Fsp3) is 0.0714. The lowest BCUT2D eigenvalue weighted by molar-refractivity contribution is 0.426. The Labute approximate surface area is 121 Å². The van der Waals surface area contributed by atoms with Crippen LogP contribution in [0.15, 0.2) is 49.1 Å². The zero-order chi connectivity index (χ0) is 15.4. The van der Waals surface area contributed by atoms with Gasteiger partial charge in [-0.25, -0.2) is 14.4 Å². The van der Waals surface area contributed by atoms with Crippen molar-refractivity contribution in [2.75, 3.05) is 0 Å². The Bertz CT molecular complexity index is 744. The van der Waals surface area contributed by atoms with Crippen LogP contribution < -0.4 is 5.46 Å². The van der Waals surface area contributed by atoms with E-state index in [0.29, 0.717) is 0 Å². The summed E-state index contributed by atoms with van der Waals surface area (Å²) >= 11 is 0. The van der Waals surface area contributed by atoms with E-state index < -0.39 is 12.9 Å². The molecule has 0 amide bonds. The van der Waals surface area contributed by atoms with Crippen LogP contribution in [0.4, 0.5) is 4.39 Å². The Morgan fingerprint density at radius 2 is 2.05 bits per heavy atom. The molecule has 2 aromatic rings. The number of aromatic nitrogens is 3. The molecule has 0 saturated carbocycles. The molecule has 2 aromatic heterocycles. The van der Waals surface area contributed by atoms with Crippen LogP contribution in [0, 0.1) is 0 Å². The molecule has 2 heterocycles. The minimum atomic E-state index is -1.75. The topological polar surface area (TPSA) is 79.1 Å². The second kappa shape index (κ2) is 6.38. The van der Waals surface area contributed by atoms with Crippen molar-refractivity contribution in [2.24, 2.45) is 0 Å². The van der Waals surface area contributed by atoms with Gasteiger partial charge in [0.25, 0.3) is 0 Å². The molecule has 0 aliphatic rings. The van der Waals surface area contributed by atoms with Crippen molar-refractivity contribution in [3.05, 3.63) is 54.8 Å². The molecule has 5 nitrogen and oxygen atoms in total. The first-order valence-electron chi connectivity index (χ1n) is 6.21. The summed E-state index contributed by atoms with van der Waals surface area (Å²) in [7, 11) is -1.75. The van der Waals surface area contributed by atoms with Crippen LogP contribution in [0.25, 0.3) is 16.7 Å². The summed E-state index contributed by atoms with van der Waals surface area (Å²) in [5.41, 5.74) is 1.05. The van der Waals surface area contributed by atoms with Crippen molar-refractivity contribution in [2.45, 2.75) is 6.92 Å². The van der Waals surface area contributed by atoms with Crippen LogP contribution in [0.1, 0.15) is 12.6 Å². The first-order valence-corrected chi connectivity index (χ1v) is 6.21. The van der Waals surface area contributed by atoms with Gasteiger partial charge in [-0.15, -0.1) is 0 Å². The normalized spacial score (nSPS) is 12.6. The average Bonchev–Trinajstić information content (AvgIpc) is 2.47. The average molecular weight is 285 g/mol. The van der Waals surface area contributed by atoms with Gasteiger partial charge in [-0.3, -0.25) is 4.98 Å². The molecule has 7 heteroatoms. The molecule has 0 spiro atoms. The number of allylic oxidation sites excluding steroid dienone is 5. The smallest absolute Gasteiger partial charge is 0.423 e. The van der Waals surface area contributed by atoms with Crippen LogP contribution >= 0.6 is 0 Å². The van der Waals surface area contributed by atoms with Gasteiger partial charge in [-0.1, -0.05) is 18.7 Å². The molecular formula is C14H13BFN3O2. The van der Waals surface area contributed by atoms with Crippen molar-refractivity contribution in [3.63, 3.8) is 0 Å². The predicted molar refractivity (Wildman–Crippen MR) is 80.2 cm³/mol. The van der Waals surface area contributed by atoms with E-state index in [2.05, 4.69) is 21.5 Å². The standard InChI is InChI=1S/C14H13BFN3O2/c1-3-5-11(16)9(4-2)12-8-10(15(20)21)13-14(19-12)18-7-6-17-13/h3-8,20-21H,1H2,2H3/b9-4+,11-5+. The minimum Gasteiger partial charge on any atom is -0.423 e. The number of pyridine rings is 1. The third-order valence-electron chi connectivity index (χ3n) is 2.84.